The number of anilines is 1. The summed E-state index contributed by atoms with van der Waals surface area (Å²) in [6.07, 6.45) is 8.21. The Labute approximate surface area is 142 Å². The van der Waals surface area contributed by atoms with Gasteiger partial charge in [-0.1, -0.05) is 25.7 Å². The lowest BCUT2D eigenvalue weighted by molar-refractivity contribution is -0.384. The first-order valence-corrected chi connectivity index (χ1v) is 8.97. The maximum atomic E-state index is 12.3. The zero-order chi connectivity index (χ0) is 16.9. The molecule has 1 heterocycles. The molecule has 6 nitrogen and oxygen atoms in total. The maximum Gasteiger partial charge on any atom is 0.293 e. The standard InChI is InChI=1S/C18H25N3O3/c22-18(19-10-9-14-5-1-2-6-14)15-7-8-16(17(13-15)21(23)24)20-11-3-4-12-20/h7-8,13-14H,1-6,9-12H2,(H,19,22). The molecule has 1 amide bonds. The number of carbonyl (C=O) groups is 1. The van der Waals surface area contributed by atoms with Gasteiger partial charge in [0.05, 0.1) is 4.92 Å². The van der Waals surface area contributed by atoms with Crippen LogP contribution in [0.5, 0.6) is 0 Å². The summed E-state index contributed by atoms with van der Waals surface area (Å²) >= 11 is 0. The number of hydrogen-bond acceptors (Lipinski definition) is 4. The lowest BCUT2D eigenvalue weighted by Crippen LogP contribution is -2.26. The molecule has 0 bridgehead atoms. The van der Waals surface area contributed by atoms with Gasteiger partial charge in [0, 0.05) is 31.3 Å². The van der Waals surface area contributed by atoms with Crippen LogP contribution in [0.4, 0.5) is 11.4 Å². The summed E-state index contributed by atoms with van der Waals surface area (Å²) in [6, 6.07) is 4.83. The van der Waals surface area contributed by atoms with E-state index in [1.54, 1.807) is 12.1 Å². The Hall–Kier alpha value is -2.11. The summed E-state index contributed by atoms with van der Waals surface area (Å²) in [4.78, 5) is 25.3. The third-order valence-corrected chi connectivity index (χ3v) is 5.19. The number of nitro benzene ring substituents is 1. The highest BCUT2D eigenvalue weighted by atomic mass is 16.6. The second kappa shape index (κ2) is 7.64. The van der Waals surface area contributed by atoms with Crippen LogP contribution >= 0.6 is 0 Å². The van der Waals surface area contributed by atoms with Crippen LogP contribution in [0.15, 0.2) is 18.2 Å². The molecule has 1 aromatic rings. The van der Waals surface area contributed by atoms with Gasteiger partial charge in [0.2, 0.25) is 0 Å². The third-order valence-electron chi connectivity index (χ3n) is 5.19. The highest BCUT2D eigenvalue weighted by Crippen LogP contribution is 2.31. The Balaban J connectivity index is 1.64. The van der Waals surface area contributed by atoms with Crippen LogP contribution in [0.2, 0.25) is 0 Å². The van der Waals surface area contributed by atoms with Gasteiger partial charge in [0.25, 0.3) is 11.6 Å². The maximum absolute atomic E-state index is 12.3. The van der Waals surface area contributed by atoms with Crippen LogP contribution < -0.4 is 10.2 Å². The highest BCUT2D eigenvalue weighted by molar-refractivity contribution is 5.95. The smallest absolute Gasteiger partial charge is 0.293 e. The molecular formula is C18H25N3O3. The van der Waals surface area contributed by atoms with Crippen molar-refractivity contribution >= 4 is 17.3 Å². The number of carbonyl (C=O) groups excluding carboxylic acids is 1. The molecule has 2 aliphatic rings. The number of amides is 1. The molecule has 0 atom stereocenters. The van der Waals surface area contributed by atoms with Crippen molar-refractivity contribution in [1.29, 1.82) is 0 Å². The Kier molecular flexibility index (Phi) is 5.33. The average Bonchev–Trinajstić information content (AvgIpc) is 3.28. The second-order valence-corrected chi connectivity index (χ2v) is 6.85. The van der Waals surface area contributed by atoms with Crippen molar-refractivity contribution in [3.63, 3.8) is 0 Å². The predicted octanol–water partition coefficient (Wildman–Crippen LogP) is 3.51. The fourth-order valence-electron chi connectivity index (χ4n) is 3.83. The average molecular weight is 331 g/mol. The normalized spacial score (nSPS) is 18.1. The van der Waals surface area contributed by atoms with Crippen molar-refractivity contribution in [3.05, 3.63) is 33.9 Å². The number of nitrogens with one attached hydrogen (secondary N) is 1. The van der Waals surface area contributed by atoms with Crippen LogP contribution in [0.25, 0.3) is 0 Å². The predicted molar refractivity (Wildman–Crippen MR) is 93.5 cm³/mol. The molecule has 2 fully saturated rings. The third kappa shape index (κ3) is 3.86. The molecule has 1 aliphatic heterocycles. The molecule has 1 N–H and O–H groups in total. The Morgan fingerprint density at radius 1 is 1.21 bits per heavy atom. The molecule has 0 unspecified atom stereocenters. The van der Waals surface area contributed by atoms with E-state index in [9.17, 15) is 14.9 Å². The van der Waals surface area contributed by atoms with Crippen molar-refractivity contribution in [1.82, 2.24) is 5.32 Å². The van der Waals surface area contributed by atoms with Gasteiger partial charge in [-0.25, -0.2) is 0 Å². The Bertz CT molecular complexity index is 606. The number of rotatable bonds is 6. The molecule has 1 aromatic carbocycles. The largest absolute Gasteiger partial charge is 0.366 e. The summed E-state index contributed by atoms with van der Waals surface area (Å²) in [5, 5.41) is 14.3. The van der Waals surface area contributed by atoms with Crippen LogP contribution in [0, 0.1) is 16.0 Å². The van der Waals surface area contributed by atoms with Crippen LogP contribution in [0.1, 0.15) is 55.3 Å². The zero-order valence-electron chi connectivity index (χ0n) is 14.0. The summed E-state index contributed by atoms with van der Waals surface area (Å²) in [5.74, 6) is 0.501. The topological polar surface area (TPSA) is 75.5 Å². The quantitative estimate of drug-likeness (QED) is 0.639. The molecule has 1 saturated carbocycles. The lowest BCUT2D eigenvalue weighted by atomic mass is 10.0. The molecule has 1 aliphatic carbocycles. The first-order valence-electron chi connectivity index (χ1n) is 8.97. The molecule has 3 rings (SSSR count). The van der Waals surface area contributed by atoms with Gasteiger partial charge < -0.3 is 10.2 Å². The molecule has 0 radical (unpaired) electrons. The van der Waals surface area contributed by atoms with E-state index in [1.807, 2.05) is 4.90 Å². The molecule has 6 heteroatoms. The zero-order valence-corrected chi connectivity index (χ0v) is 14.0. The van der Waals surface area contributed by atoms with Gasteiger partial charge >= 0.3 is 0 Å². The van der Waals surface area contributed by atoms with Crippen molar-refractivity contribution in [2.45, 2.75) is 44.9 Å². The molecule has 130 valence electrons. The fraction of sp³-hybridized carbons (Fsp3) is 0.611. The number of nitrogens with zero attached hydrogens (tertiary/aromatic N) is 2. The van der Waals surface area contributed by atoms with Crippen LogP contribution in [-0.4, -0.2) is 30.5 Å². The summed E-state index contributed by atoms with van der Waals surface area (Å²) in [6.45, 7) is 2.33. The highest BCUT2D eigenvalue weighted by Gasteiger charge is 2.24. The first-order chi connectivity index (χ1) is 11.6. The molecule has 0 aromatic heterocycles. The number of nitro groups is 1. The summed E-state index contributed by atoms with van der Waals surface area (Å²) < 4.78 is 0. The van der Waals surface area contributed by atoms with Gasteiger partial charge in [-0.2, -0.15) is 0 Å². The van der Waals surface area contributed by atoms with E-state index < -0.39 is 0 Å². The first kappa shape index (κ1) is 16.7. The van der Waals surface area contributed by atoms with Crippen molar-refractivity contribution in [3.8, 4) is 0 Å². The minimum Gasteiger partial charge on any atom is -0.366 e. The minimum absolute atomic E-state index is 0.0281. The molecule has 24 heavy (non-hydrogen) atoms. The van der Waals surface area contributed by atoms with E-state index in [0.717, 1.165) is 38.3 Å². The summed E-state index contributed by atoms with van der Waals surface area (Å²) in [5.41, 5.74) is 1.02. The van der Waals surface area contributed by atoms with Crippen molar-refractivity contribution in [2.24, 2.45) is 5.92 Å². The fourth-order valence-corrected chi connectivity index (χ4v) is 3.83. The number of benzene rings is 1. The molecule has 1 saturated heterocycles. The summed E-state index contributed by atoms with van der Waals surface area (Å²) in [7, 11) is 0. The molecular weight excluding hydrogens is 306 g/mol. The van der Waals surface area contributed by atoms with Crippen molar-refractivity contribution < 1.29 is 9.72 Å². The van der Waals surface area contributed by atoms with E-state index in [0.29, 0.717) is 17.8 Å². The lowest BCUT2D eigenvalue weighted by Gasteiger charge is -2.18. The van der Waals surface area contributed by atoms with Gasteiger partial charge in [-0.3, -0.25) is 14.9 Å². The van der Waals surface area contributed by atoms with Crippen LogP contribution in [-0.2, 0) is 0 Å². The van der Waals surface area contributed by atoms with E-state index >= 15 is 0 Å². The monoisotopic (exact) mass is 331 g/mol. The van der Waals surface area contributed by atoms with E-state index in [-0.39, 0.29) is 16.5 Å². The van der Waals surface area contributed by atoms with Gasteiger partial charge in [0.1, 0.15) is 5.69 Å². The molecule has 0 spiro atoms. The SMILES string of the molecule is O=C(NCCC1CCCC1)c1ccc(N2CCCC2)c([N+](=O)[O-])c1. The van der Waals surface area contributed by atoms with Crippen molar-refractivity contribution in [2.75, 3.05) is 24.5 Å². The van der Waals surface area contributed by atoms with Gasteiger partial charge in [-0.05, 0) is 37.3 Å². The van der Waals surface area contributed by atoms with E-state index in [1.165, 1.54) is 31.7 Å². The minimum atomic E-state index is -0.386. The Morgan fingerprint density at radius 3 is 2.58 bits per heavy atom. The van der Waals surface area contributed by atoms with E-state index in [2.05, 4.69) is 5.32 Å². The Morgan fingerprint density at radius 2 is 1.92 bits per heavy atom. The van der Waals surface area contributed by atoms with Gasteiger partial charge in [0.15, 0.2) is 0 Å². The number of hydrogen-bond donors (Lipinski definition) is 1. The van der Waals surface area contributed by atoms with Gasteiger partial charge in [-0.15, -0.1) is 0 Å². The second-order valence-electron chi connectivity index (χ2n) is 6.85. The van der Waals surface area contributed by atoms with Crippen LogP contribution in [0.3, 0.4) is 0 Å². The van der Waals surface area contributed by atoms with E-state index in [4.69, 9.17) is 0 Å².